The van der Waals surface area contributed by atoms with Crippen molar-refractivity contribution in [1.82, 2.24) is 4.90 Å². The molecule has 0 radical (unpaired) electrons. The van der Waals surface area contributed by atoms with Crippen LogP contribution >= 0.6 is 0 Å². The zero-order valence-electron chi connectivity index (χ0n) is 8.68. The standard InChI is InChI=1S/C11H19NO/c1-3-4-7-11(13)10-6-5-8-12(2)9-10/h6H,3-5,7-9H2,1-2H3. The van der Waals surface area contributed by atoms with Crippen LogP contribution in [0.2, 0.25) is 0 Å². The van der Waals surface area contributed by atoms with Crippen LogP contribution in [0.4, 0.5) is 0 Å². The van der Waals surface area contributed by atoms with Crippen LogP contribution in [-0.4, -0.2) is 30.8 Å². The number of carbonyl (C=O) groups excluding carboxylic acids is 1. The van der Waals surface area contributed by atoms with Gasteiger partial charge >= 0.3 is 0 Å². The number of Topliss-reactive ketones (excluding diaryl/α,β-unsaturated/α-hetero) is 1. The Morgan fingerprint density at radius 3 is 3.00 bits per heavy atom. The summed E-state index contributed by atoms with van der Waals surface area (Å²) in [6, 6.07) is 0. The molecule has 0 fully saturated rings. The van der Waals surface area contributed by atoms with Gasteiger partial charge in [0.1, 0.15) is 0 Å². The first-order chi connectivity index (χ1) is 6.24. The number of hydrogen-bond donors (Lipinski definition) is 0. The molecule has 1 heterocycles. The predicted molar refractivity (Wildman–Crippen MR) is 54.7 cm³/mol. The summed E-state index contributed by atoms with van der Waals surface area (Å²) >= 11 is 0. The topological polar surface area (TPSA) is 20.3 Å². The van der Waals surface area contributed by atoms with E-state index >= 15 is 0 Å². The van der Waals surface area contributed by atoms with Crippen molar-refractivity contribution < 1.29 is 4.79 Å². The number of ketones is 1. The van der Waals surface area contributed by atoms with Crippen molar-refractivity contribution in [2.45, 2.75) is 32.6 Å². The molecular formula is C11H19NO. The Kier molecular flexibility index (Phi) is 4.16. The Morgan fingerprint density at radius 1 is 1.62 bits per heavy atom. The number of carbonyl (C=O) groups is 1. The van der Waals surface area contributed by atoms with Crippen LogP contribution in [0.5, 0.6) is 0 Å². The summed E-state index contributed by atoms with van der Waals surface area (Å²) in [6.45, 7) is 4.06. The maximum atomic E-state index is 11.6. The molecule has 0 amide bonds. The summed E-state index contributed by atoms with van der Waals surface area (Å²) in [5.74, 6) is 0.355. The maximum absolute atomic E-state index is 11.6. The van der Waals surface area contributed by atoms with Crippen molar-refractivity contribution in [3.8, 4) is 0 Å². The lowest BCUT2D eigenvalue weighted by molar-refractivity contribution is -0.116. The highest BCUT2D eigenvalue weighted by atomic mass is 16.1. The first kappa shape index (κ1) is 10.5. The zero-order chi connectivity index (χ0) is 9.68. The molecule has 0 aromatic carbocycles. The average Bonchev–Trinajstić information content (AvgIpc) is 2.14. The molecule has 2 heteroatoms. The van der Waals surface area contributed by atoms with E-state index in [0.717, 1.165) is 44.3 Å². The highest BCUT2D eigenvalue weighted by Crippen LogP contribution is 2.11. The number of hydrogen-bond acceptors (Lipinski definition) is 2. The third kappa shape index (κ3) is 3.31. The minimum atomic E-state index is 0.355. The van der Waals surface area contributed by atoms with E-state index in [9.17, 15) is 4.79 Å². The van der Waals surface area contributed by atoms with Crippen molar-refractivity contribution in [1.29, 1.82) is 0 Å². The van der Waals surface area contributed by atoms with E-state index in [1.807, 2.05) is 0 Å². The van der Waals surface area contributed by atoms with Crippen LogP contribution in [0, 0.1) is 0 Å². The molecule has 1 rings (SSSR count). The van der Waals surface area contributed by atoms with E-state index in [1.165, 1.54) is 0 Å². The summed E-state index contributed by atoms with van der Waals surface area (Å²) < 4.78 is 0. The van der Waals surface area contributed by atoms with E-state index < -0.39 is 0 Å². The van der Waals surface area contributed by atoms with Gasteiger partial charge in [0.15, 0.2) is 5.78 Å². The normalized spacial score (nSPS) is 18.5. The van der Waals surface area contributed by atoms with Gasteiger partial charge in [-0.3, -0.25) is 4.79 Å². The van der Waals surface area contributed by atoms with Gasteiger partial charge in [0, 0.05) is 25.1 Å². The van der Waals surface area contributed by atoms with Gasteiger partial charge in [0.2, 0.25) is 0 Å². The van der Waals surface area contributed by atoms with Gasteiger partial charge in [-0.2, -0.15) is 0 Å². The molecule has 0 aromatic heterocycles. The number of rotatable bonds is 4. The second kappa shape index (κ2) is 5.18. The smallest absolute Gasteiger partial charge is 0.159 e. The molecule has 0 aliphatic carbocycles. The highest BCUT2D eigenvalue weighted by molar-refractivity contribution is 5.95. The number of unbranched alkanes of at least 4 members (excludes halogenated alkanes) is 1. The van der Waals surface area contributed by atoms with Crippen LogP contribution in [0.3, 0.4) is 0 Å². The summed E-state index contributed by atoms with van der Waals surface area (Å²) in [6.07, 6.45) is 6.01. The minimum Gasteiger partial charge on any atom is -0.302 e. The monoisotopic (exact) mass is 181 g/mol. The third-order valence-corrected chi connectivity index (χ3v) is 2.46. The van der Waals surface area contributed by atoms with Gasteiger partial charge in [-0.1, -0.05) is 19.4 Å². The lowest BCUT2D eigenvalue weighted by atomic mass is 10.0. The Balaban J connectivity index is 2.41. The van der Waals surface area contributed by atoms with Crippen molar-refractivity contribution in [2.24, 2.45) is 0 Å². The highest BCUT2D eigenvalue weighted by Gasteiger charge is 2.14. The molecule has 1 aliphatic heterocycles. The predicted octanol–water partition coefficient (Wildman–Crippen LogP) is 2.01. The molecule has 0 atom stereocenters. The lowest BCUT2D eigenvalue weighted by Crippen LogP contribution is -2.28. The molecule has 0 saturated carbocycles. The van der Waals surface area contributed by atoms with Crippen molar-refractivity contribution in [3.63, 3.8) is 0 Å². The molecule has 0 unspecified atom stereocenters. The number of nitrogens with zero attached hydrogens (tertiary/aromatic N) is 1. The van der Waals surface area contributed by atoms with Gasteiger partial charge in [0.05, 0.1) is 0 Å². The number of likely N-dealkylation sites (N-methyl/N-ethyl adjacent to an activating group) is 1. The molecule has 0 spiro atoms. The van der Waals surface area contributed by atoms with Gasteiger partial charge in [-0.25, -0.2) is 0 Å². The van der Waals surface area contributed by atoms with Crippen molar-refractivity contribution in [2.75, 3.05) is 20.1 Å². The fourth-order valence-electron chi connectivity index (χ4n) is 1.59. The Bertz CT molecular complexity index is 208. The molecule has 0 aromatic rings. The Labute approximate surface area is 80.6 Å². The fourth-order valence-corrected chi connectivity index (χ4v) is 1.59. The van der Waals surface area contributed by atoms with E-state index in [4.69, 9.17) is 0 Å². The van der Waals surface area contributed by atoms with E-state index in [0.29, 0.717) is 5.78 Å². The van der Waals surface area contributed by atoms with E-state index in [2.05, 4.69) is 24.9 Å². The largest absolute Gasteiger partial charge is 0.302 e. The fraction of sp³-hybridized carbons (Fsp3) is 0.727. The van der Waals surface area contributed by atoms with Crippen molar-refractivity contribution >= 4 is 5.78 Å². The van der Waals surface area contributed by atoms with Crippen LogP contribution in [0.15, 0.2) is 11.6 Å². The average molecular weight is 181 g/mol. The van der Waals surface area contributed by atoms with Gasteiger partial charge in [0.25, 0.3) is 0 Å². The van der Waals surface area contributed by atoms with Crippen molar-refractivity contribution in [3.05, 3.63) is 11.6 Å². The first-order valence-electron chi connectivity index (χ1n) is 5.14. The van der Waals surface area contributed by atoms with E-state index in [-0.39, 0.29) is 0 Å². The molecule has 0 N–H and O–H groups in total. The first-order valence-corrected chi connectivity index (χ1v) is 5.14. The lowest BCUT2D eigenvalue weighted by Gasteiger charge is -2.21. The molecule has 2 nitrogen and oxygen atoms in total. The zero-order valence-corrected chi connectivity index (χ0v) is 8.68. The summed E-state index contributed by atoms with van der Waals surface area (Å²) in [5, 5.41) is 0. The summed E-state index contributed by atoms with van der Waals surface area (Å²) in [4.78, 5) is 13.8. The van der Waals surface area contributed by atoms with Crippen LogP contribution < -0.4 is 0 Å². The quantitative estimate of drug-likeness (QED) is 0.661. The SMILES string of the molecule is CCCCC(=O)C1=CCCN(C)C1. The second-order valence-electron chi connectivity index (χ2n) is 3.78. The van der Waals surface area contributed by atoms with Crippen LogP contribution in [-0.2, 0) is 4.79 Å². The molecule has 1 aliphatic rings. The van der Waals surface area contributed by atoms with Gasteiger partial charge in [-0.15, -0.1) is 0 Å². The van der Waals surface area contributed by atoms with E-state index in [1.54, 1.807) is 0 Å². The van der Waals surface area contributed by atoms with Crippen LogP contribution in [0.25, 0.3) is 0 Å². The maximum Gasteiger partial charge on any atom is 0.159 e. The molecule has 74 valence electrons. The van der Waals surface area contributed by atoms with Gasteiger partial charge < -0.3 is 4.90 Å². The minimum absolute atomic E-state index is 0.355. The molecular weight excluding hydrogens is 162 g/mol. The third-order valence-electron chi connectivity index (χ3n) is 2.46. The molecule has 0 saturated heterocycles. The summed E-state index contributed by atoms with van der Waals surface area (Å²) in [7, 11) is 2.07. The van der Waals surface area contributed by atoms with Gasteiger partial charge in [-0.05, 0) is 19.9 Å². The molecule has 13 heavy (non-hydrogen) atoms. The molecule has 0 bridgehead atoms. The van der Waals surface area contributed by atoms with Crippen LogP contribution in [0.1, 0.15) is 32.6 Å². The second-order valence-corrected chi connectivity index (χ2v) is 3.78. The summed E-state index contributed by atoms with van der Waals surface area (Å²) in [5.41, 5.74) is 1.03. The Hall–Kier alpha value is -0.630. The Morgan fingerprint density at radius 2 is 2.38 bits per heavy atom.